The highest BCUT2D eigenvalue weighted by atomic mass is 19.4. The monoisotopic (exact) mass is 284 g/mol. The van der Waals surface area contributed by atoms with Crippen LogP contribution in [0.4, 0.5) is 13.2 Å². The van der Waals surface area contributed by atoms with Crippen LogP contribution >= 0.6 is 0 Å². The van der Waals surface area contributed by atoms with Gasteiger partial charge in [-0.05, 0) is 38.5 Å². The number of fused-ring (bicyclic) bond motifs is 1. The van der Waals surface area contributed by atoms with Crippen LogP contribution in [-0.2, 0) is 11.2 Å². The van der Waals surface area contributed by atoms with Crippen molar-refractivity contribution in [3.8, 4) is 0 Å². The number of halogens is 3. The normalized spacial score (nSPS) is 12.3. The second-order valence-corrected chi connectivity index (χ2v) is 5.08. The maximum atomic E-state index is 12.4. The Morgan fingerprint density at radius 3 is 2.55 bits per heavy atom. The summed E-state index contributed by atoms with van der Waals surface area (Å²) in [6.45, 7) is 5.58. The fourth-order valence-electron chi connectivity index (χ4n) is 2.20. The molecule has 6 heteroatoms. The van der Waals surface area contributed by atoms with Crippen molar-refractivity contribution in [2.75, 3.05) is 0 Å². The second kappa shape index (κ2) is 4.92. The smallest absolute Gasteiger partial charge is 0.325 e. The Bertz CT molecular complexity index is 656. The van der Waals surface area contributed by atoms with E-state index < -0.39 is 18.4 Å². The molecule has 0 amide bonds. The molecule has 0 aliphatic rings. The van der Waals surface area contributed by atoms with Gasteiger partial charge >= 0.3 is 6.18 Å². The number of ketones is 1. The van der Waals surface area contributed by atoms with Gasteiger partial charge < -0.3 is 4.57 Å². The van der Waals surface area contributed by atoms with E-state index in [1.807, 2.05) is 32.9 Å². The molecule has 0 aliphatic carbocycles. The first-order valence-electron chi connectivity index (χ1n) is 6.27. The fraction of sp³-hybridized carbons (Fsp3) is 0.429. The van der Waals surface area contributed by atoms with E-state index in [0.717, 1.165) is 11.1 Å². The number of hydrogen-bond donors (Lipinski definition) is 0. The van der Waals surface area contributed by atoms with Crippen LogP contribution < -0.4 is 0 Å². The number of benzene rings is 1. The lowest BCUT2D eigenvalue weighted by Crippen LogP contribution is -2.26. The highest BCUT2D eigenvalue weighted by Crippen LogP contribution is 2.25. The van der Waals surface area contributed by atoms with Gasteiger partial charge in [-0.15, -0.1) is 0 Å². The number of aryl methyl sites for hydroxylation is 1. The van der Waals surface area contributed by atoms with Gasteiger partial charge in [0.05, 0.1) is 17.5 Å². The van der Waals surface area contributed by atoms with Gasteiger partial charge in [-0.1, -0.05) is 6.07 Å². The number of Topliss-reactive ketones (excluding diaryl/α,β-unsaturated/α-hetero) is 1. The summed E-state index contributed by atoms with van der Waals surface area (Å²) in [4.78, 5) is 15.4. The van der Waals surface area contributed by atoms with Crippen molar-refractivity contribution >= 4 is 16.8 Å². The SMILES string of the molecule is Cc1ccc2c(c1)nc(CC(=O)C(F)(F)F)n2C(C)C. The second-order valence-electron chi connectivity index (χ2n) is 5.08. The van der Waals surface area contributed by atoms with Crippen molar-refractivity contribution in [3.63, 3.8) is 0 Å². The average molecular weight is 284 g/mol. The molecule has 0 radical (unpaired) electrons. The maximum absolute atomic E-state index is 12.4. The number of carbonyl (C=O) groups excluding carboxylic acids is 1. The number of aromatic nitrogens is 2. The first kappa shape index (κ1) is 14.6. The first-order valence-corrected chi connectivity index (χ1v) is 6.27. The van der Waals surface area contributed by atoms with Crippen LogP contribution in [0.15, 0.2) is 18.2 Å². The Morgan fingerprint density at radius 2 is 2.00 bits per heavy atom. The van der Waals surface area contributed by atoms with E-state index in [0.29, 0.717) is 5.52 Å². The van der Waals surface area contributed by atoms with E-state index in [2.05, 4.69) is 4.98 Å². The Labute approximate surface area is 114 Å². The summed E-state index contributed by atoms with van der Waals surface area (Å²) < 4.78 is 38.9. The summed E-state index contributed by atoms with van der Waals surface area (Å²) in [6.07, 6.45) is -5.55. The van der Waals surface area contributed by atoms with Gasteiger partial charge in [0.15, 0.2) is 0 Å². The fourth-order valence-corrected chi connectivity index (χ4v) is 2.20. The highest BCUT2D eigenvalue weighted by Gasteiger charge is 2.39. The van der Waals surface area contributed by atoms with Crippen LogP contribution in [0.25, 0.3) is 11.0 Å². The van der Waals surface area contributed by atoms with Gasteiger partial charge in [0.25, 0.3) is 0 Å². The van der Waals surface area contributed by atoms with E-state index in [1.54, 1.807) is 10.6 Å². The molecule has 2 aromatic rings. The molecule has 108 valence electrons. The Kier molecular flexibility index (Phi) is 3.58. The summed E-state index contributed by atoms with van der Waals surface area (Å²) >= 11 is 0. The molecule has 0 atom stereocenters. The van der Waals surface area contributed by atoms with Crippen molar-refractivity contribution in [1.82, 2.24) is 9.55 Å². The van der Waals surface area contributed by atoms with Crippen molar-refractivity contribution in [2.24, 2.45) is 0 Å². The van der Waals surface area contributed by atoms with Gasteiger partial charge in [-0.2, -0.15) is 13.2 Å². The van der Waals surface area contributed by atoms with E-state index in [4.69, 9.17) is 0 Å². The Morgan fingerprint density at radius 1 is 1.35 bits per heavy atom. The molecule has 0 fully saturated rings. The third-order valence-electron chi connectivity index (χ3n) is 3.07. The lowest BCUT2D eigenvalue weighted by molar-refractivity contribution is -0.170. The first-order chi connectivity index (χ1) is 9.20. The molecule has 1 aromatic heterocycles. The zero-order valence-corrected chi connectivity index (χ0v) is 11.5. The largest absolute Gasteiger partial charge is 0.450 e. The van der Waals surface area contributed by atoms with Gasteiger partial charge in [-0.25, -0.2) is 4.98 Å². The Balaban J connectivity index is 2.52. The molecule has 0 bridgehead atoms. The minimum atomic E-state index is -4.82. The van der Waals surface area contributed by atoms with Gasteiger partial charge in [0.1, 0.15) is 5.82 Å². The number of nitrogens with zero attached hydrogens (tertiary/aromatic N) is 2. The standard InChI is InChI=1S/C14H15F3N2O/c1-8(2)19-11-5-4-9(3)6-10(11)18-13(19)7-12(20)14(15,16)17/h4-6,8H,7H2,1-3H3. The molecule has 0 saturated carbocycles. The number of alkyl halides is 3. The number of rotatable bonds is 3. The summed E-state index contributed by atoms with van der Waals surface area (Å²) in [5.41, 5.74) is 2.33. The average Bonchev–Trinajstić information content (AvgIpc) is 2.64. The zero-order chi connectivity index (χ0) is 15.1. The molecular formula is C14H15F3N2O. The van der Waals surface area contributed by atoms with Crippen LogP contribution in [0.2, 0.25) is 0 Å². The van der Waals surface area contributed by atoms with Crippen LogP contribution in [0.1, 0.15) is 31.3 Å². The molecule has 1 heterocycles. The predicted molar refractivity (Wildman–Crippen MR) is 69.6 cm³/mol. The lowest BCUT2D eigenvalue weighted by Gasteiger charge is -2.13. The maximum Gasteiger partial charge on any atom is 0.450 e. The van der Waals surface area contributed by atoms with E-state index in [9.17, 15) is 18.0 Å². The summed E-state index contributed by atoms with van der Waals surface area (Å²) in [5.74, 6) is -1.62. The van der Waals surface area contributed by atoms with E-state index >= 15 is 0 Å². The van der Waals surface area contributed by atoms with E-state index in [1.165, 1.54) is 0 Å². The third kappa shape index (κ3) is 2.69. The summed E-state index contributed by atoms with van der Waals surface area (Å²) in [5, 5.41) is 0. The number of imidazole rings is 1. The quantitative estimate of drug-likeness (QED) is 0.863. The van der Waals surface area contributed by atoms with Crippen molar-refractivity contribution < 1.29 is 18.0 Å². The summed E-state index contributed by atoms with van der Waals surface area (Å²) in [6, 6.07) is 5.42. The van der Waals surface area contributed by atoms with Crippen LogP contribution in [0, 0.1) is 6.92 Å². The Hall–Kier alpha value is -1.85. The minimum absolute atomic E-state index is 0.0706. The number of carbonyl (C=O) groups is 1. The molecule has 1 aromatic carbocycles. The molecule has 2 rings (SSSR count). The van der Waals surface area contributed by atoms with Crippen molar-refractivity contribution in [1.29, 1.82) is 0 Å². The molecular weight excluding hydrogens is 269 g/mol. The van der Waals surface area contributed by atoms with Crippen LogP contribution in [0.3, 0.4) is 0 Å². The topological polar surface area (TPSA) is 34.9 Å². The van der Waals surface area contributed by atoms with Gasteiger partial charge in [-0.3, -0.25) is 4.79 Å². The van der Waals surface area contributed by atoms with Crippen LogP contribution in [-0.4, -0.2) is 21.5 Å². The molecule has 0 unspecified atom stereocenters. The minimum Gasteiger partial charge on any atom is -0.325 e. The third-order valence-corrected chi connectivity index (χ3v) is 3.07. The number of hydrogen-bond acceptors (Lipinski definition) is 2. The van der Waals surface area contributed by atoms with Crippen LogP contribution in [0.5, 0.6) is 0 Å². The molecule has 20 heavy (non-hydrogen) atoms. The van der Waals surface area contributed by atoms with Gasteiger partial charge in [0.2, 0.25) is 5.78 Å². The molecule has 0 N–H and O–H groups in total. The summed E-state index contributed by atoms with van der Waals surface area (Å²) in [7, 11) is 0. The lowest BCUT2D eigenvalue weighted by atomic mass is 10.2. The molecule has 0 aliphatic heterocycles. The highest BCUT2D eigenvalue weighted by molar-refractivity contribution is 5.86. The predicted octanol–water partition coefficient (Wildman–Crippen LogP) is 3.60. The van der Waals surface area contributed by atoms with Crippen molar-refractivity contribution in [2.45, 2.75) is 39.4 Å². The molecule has 0 spiro atoms. The van der Waals surface area contributed by atoms with Crippen molar-refractivity contribution in [3.05, 3.63) is 29.6 Å². The van der Waals surface area contributed by atoms with E-state index in [-0.39, 0.29) is 11.9 Å². The zero-order valence-electron chi connectivity index (χ0n) is 11.5. The molecule has 3 nitrogen and oxygen atoms in total. The van der Waals surface area contributed by atoms with Gasteiger partial charge in [0, 0.05) is 6.04 Å². The molecule has 0 saturated heterocycles.